The Morgan fingerprint density at radius 3 is 2.15 bits per heavy atom. The fraction of sp³-hybridized carbons (Fsp3) is 0.0455. The Balaban J connectivity index is 1.67. The first-order chi connectivity index (χ1) is 13.2. The second-order valence-electron chi connectivity index (χ2n) is 5.95. The van der Waals surface area contributed by atoms with Crippen LogP contribution < -0.4 is 0 Å². The summed E-state index contributed by atoms with van der Waals surface area (Å²) in [4.78, 5) is 22.1. The van der Waals surface area contributed by atoms with E-state index in [-0.39, 0.29) is 11.5 Å². The molecule has 27 heavy (non-hydrogen) atoms. The number of benzene rings is 3. The summed E-state index contributed by atoms with van der Waals surface area (Å²) in [6, 6.07) is 24.6. The van der Waals surface area contributed by atoms with Gasteiger partial charge in [0.2, 0.25) is 0 Å². The van der Waals surface area contributed by atoms with E-state index in [2.05, 4.69) is 0 Å². The van der Waals surface area contributed by atoms with Crippen molar-refractivity contribution in [1.82, 2.24) is 9.97 Å². The highest BCUT2D eigenvalue weighted by molar-refractivity contribution is 8.00. The van der Waals surface area contributed by atoms with Gasteiger partial charge in [-0.25, -0.2) is 9.97 Å². The lowest BCUT2D eigenvalue weighted by Crippen LogP contribution is -2.03. The van der Waals surface area contributed by atoms with Gasteiger partial charge in [-0.3, -0.25) is 4.79 Å². The van der Waals surface area contributed by atoms with Gasteiger partial charge in [0.25, 0.3) is 0 Å². The molecule has 0 bridgehead atoms. The third kappa shape index (κ3) is 4.02. The molecule has 0 aliphatic carbocycles. The lowest BCUT2D eigenvalue weighted by atomic mass is 10.1. The molecule has 3 aromatic carbocycles. The van der Waals surface area contributed by atoms with Gasteiger partial charge in [0.1, 0.15) is 10.7 Å². The number of rotatable bonds is 5. The molecule has 0 N–H and O–H groups in total. The summed E-state index contributed by atoms with van der Waals surface area (Å²) < 4.78 is 0. The monoisotopic (exact) mass is 390 g/mol. The lowest BCUT2D eigenvalue weighted by Gasteiger charge is -2.09. The van der Waals surface area contributed by atoms with Crippen LogP contribution in [0.15, 0.2) is 83.9 Å². The third-order valence-electron chi connectivity index (χ3n) is 4.09. The highest BCUT2D eigenvalue weighted by Gasteiger charge is 2.14. The van der Waals surface area contributed by atoms with Gasteiger partial charge < -0.3 is 0 Å². The first-order valence-electron chi connectivity index (χ1n) is 8.44. The van der Waals surface area contributed by atoms with Crippen LogP contribution in [0.1, 0.15) is 10.4 Å². The normalized spacial score (nSPS) is 10.9. The van der Waals surface area contributed by atoms with E-state index in [9.17, 15) is 4.79 Å². The first-order valence-corrected chi connectivity index (χ1v) is 9.81. The van der Waals surface area contributed by atoms with Crippen LogP contribution >= 0.6 is 23.4 Å². The largest absolute Gasteiger partial charge is 0.293 e. The van der Waals surface area contributed by atoms with E-state index in [1.807, 2.05) is 54.6 Å². The van der Waals surface area contributed by atoms with E-state index in [0.29, 0.717) is 10.6 Å². The van der Waals surface area contributed by atoms with E-state index >= 15 is 0 Å². The molecular weight excluding hydrogens is 376 g/mol. The molecule has 3 nitrogen and oxygen atoms in total. The molecule has 0 aliphatic heterocycles. The van der Waals surface area contributed by atoms with E-state index < -0.39 is 0 Å². The number of ketones is 1. The number of nitrogens with zero attached hydrogens (tertiary/aromatic N) is 2. The average Bonchev–Trinajstić information content (AvgIpc) is 2.72. The Labute approximate surface area is 166 Å². The Kier molecular flexibility index (Phi) is 5.19. The van der Waals surface area contributed by atoms with Gasteiger partial charge in [0, 0.05) is 16.1 Å². The van der Waals surface area contributed by atoms with Crippen molar-refractivity contribution < 1.29 is 4.79 Å². The smallest absolute Gasteiger partial charge is 0.173 e. The number of carbonyl (C=O) groups excluding carboxylic acids is 1. The molecule has 1 heterocycles. The van der Waals surface area contributed by atoms with Crippen molar-refractivity contribution in [2.24, 2.45) is 0 Å². The molecular formula is C22H15ClN2OS. The van der Waals surface area contributed by atoms with E-state index in [4.69, 9.17) is 21.6 Å². The Morgan fingerprint density at radius 2 is 1.44 bits per heavy atom. The summed E-state index contributed by atoms with van der Waals surface area (Å²) in [5.41, 5.74) is 4.07. The molecule has 0 saturated heterocycles. The predicted octanol–water partition coefficient (Wildman–Crippen LogP) is 5.93. The third-order valence-corrected chi connectivity index (χ3v) is 5.31. The number of hydrogen-bond acceptors (Lipinski definition) is 4. The summed E-state index contributed by atoms with van der Waals surface area (Å²) >= 11 is 7.31. The quantitative estimate of drug-likeness (QED) is 0.313. The van der Waals surface area contributed by atoms with Crippen molar-refractivity contribution in [3.8, 4) is 11.3 Å². The van der Waals surface area contributed by atoms with Gasteiger partial charge >= 0.3 is 0 Å². The van der Waals surface area contributed by atoms with E-state index in [1.54, 1.807) is 24.3 Å². The van der Waals surface area contributed by atoms with Gasteiger partial charge in [0.05, 0.1) is 16.8 Å². The molecule has 0 unspecified atom stereocenters. The average molecular weight is 391 g/mol. The minimum absolute atomic E-state index is 0.0330. The molecule has 0 spiro atoms. The van der Waals surface area contributed by atoms with Crippen LogP contribution in [0.3, 0.4) is 0 Å². The zero-order valence-corrected chi connectivity index (χ0v) is 15.9. The highest BCUT2D eigenvalue weighted by Crippen LogP contribution is 2.30. The van der Waals surface area contributed by atoms with Gasteiger partial charge in [-0.15, -0.1) is 0 Å². The number of thioether (sulfide) groups is 1. The molecule has 4 rings (SSSR count). The minimum Gasteiger partial charge on any atom is -0.293 e. The first kappa shape index (κ1) is 17.7. The molecule has 1 aromatic heterocycles. The number of para-hydroxylation sites is 2. The number of fused-ring (bicyclic) bond motifs is 1. The zero-order chi connectivity index (χ0) is 18.6. The Bertz CT molecular complexity index is 1100. The maximum Gasteiger partial charge on any atom is 0.173 e. The van der Waals surface area contributed by atoms with Gasteiger partial charge in [0.15, 0.2) is 5.78 Å². The molecule has 0 fully saturated rings. The molecule has 132 valence electrons. The van der Waals surface area contributed by atoms with Crippen molar-refractivity contribution in [3.05, 3.63) is 89.4 Å². The van der Waals surface area contributed by atoms with Crippen LogP contribution in [0.4, 0.5) is 0 Å². The summed E-state index contributed by atoms with van der Waals surface area (Å²) in [6.45, 7) is 0. The van der Waals surface area contributed by atoms with Gasteiger partial charge in [-0.1, -0.05) is 65.8 Å². The number of carbonyl (C=O) groups is 1. The SMILES string of the molecule is O=C(CSc1nc2ccccc2nc1-c1ccccc1)c1ccc(Cl)cc1. The summed E-state index contributed by atoms with van der Waals surface area (Å²) in [5, 5.41) is 1.37. The summed E-state index contributed by atoms with van der Waals surface area (Å²) in [5.74, 6) is 0.319. The number of aromatic nitrogens is 2. The van der Waals surface area contributed by atoms with Crippen molar-refractivity contribution in [2.75, 3.05) is 5.75 Å². The van der Waals surface area contributed by atoms with Crippen LogP contribution in [-0.2, 0) is 0 Å². The van der Waals surface area contributed by atoms with E-state index in [1.165, 1.54) is 11.8 Å². The minimum atomic E-state index is 0.0330. The maximum atomic E-state index is 12.5. The van der Waals surface area contributed by atoms with Crippen molar-refractivity contribution >= 4 is 40.2 Å². The fourth-order valence-corrected chi connectivity index (χ4v) is 3.75. The van der Waals surface area contributed by atoms with Crippen LogP contribution in [-0.4, -0.2) is 21.5 Å². The zero-order valence-electron chi connectivity index (χ0n) is 14.3. The highest BCUT2D eigenvalue weighted by atomic mass is 35.5. The second-order valence-corrected chi connectivity index (χ2v) is 7.35. The standard InChI is InChI=1S/C22H15ClN2OS/c23-17-12-10-15(11-13-17)20(26)14-27-22-21(16-6-2-1-3-7-16)24-18-8-4-5-9-19(18)25-22/h1-13H,14H2. The van der Waals surface area contributed by atoms with Gasteiger partial charge in [-0.2, -0.15) is 0 Å². The van der Waals surface area contributed by atoms with E-state index in [0.717, 1.165) is 27.3 Å². The predicted molar refractivity (Wildman–Crippen MR) is 111 cm³/mol. The molecule has 0 atom stereocenters. The summed E-state index contributed by atoms with van der Waals surface area (Å²) in [7, 11) is 0. The maximum absolute atomic E-state index is 12.5. The van der Waals surface area contributed by atoms with Crippen LogP contribution in [0, 0.1) is 0 Å². The van der Waals surface area contributed by atoms with Crippen molar-refractivity contribution in [3.63, 3.8) is 0 Å². The van der Waals surface area contributed by atoms with Crippen LogP contribution in [0.25, 0.3) is 22.3 Å². The molecule has 5 heteroatoms. The number of Topliss-reactive ketones (excluding diaryl/α,β-unsaturated/α-hetero) is 1. The Morgan fingerprint density at radius 1 is 0.815 bits per heavy atom. The number of hydrogen-bond donors (Lipinski definition) is 0. The molecule has 4 aromatic rings. The van der Waals surface area contributed by atoms with Crippen molar-refractivity contribution in [1.29, 1.82) is 0 Å². The Hall–Kier alpha value is -2.69. The van der Waals surface area contributed by atoms with Crippen LogP contribution in [0.5, 0.6) is 0 Å². The topological polar surface area (TPSA) is 42.9 Å². The molecule has 0 aliphatic rings. The van der Waals surface area contributed by atoms with Gasteiger partial charge in [-0.05, 0) is 36.4 Å². The molecule has 0 radical (unpaired) electrons. The van der Waals surface area contributed by atoms with Crippen LogP contribution in [0.2, 0.25) is 5.02 Å². The summed E-state index contributed by atoms with van der Waals surface area (Å²) in [6.07, 6.45) is 0. The fourth-order valence-electron chi connectivity index (χ4n) is 2.72. The molecule has 0 amide bonds. The molecule has 0 saturated carbocycles. The number of halogens is 1. The second kappa shape index (κ2) is 7.91. The van der Waals surface area contributed by atoms with Crippen molar-refractivity contribution in [2.45, 2.75) is 5.03 Å². The lowest BCUT2D eigenvalue weighted by molar-refractivity contribution is 0.102.